The highest BCUT2D eigenvalue weighted by Crippen LogP contribution is 2.36. The van der Waals surface area contributed by atoms with Gasteiger partial charge in [0.2, 0.25) is 0 Å². The van der Waals surface area contributed by atoms with Crippen LogP contribution in [0.3, 0.4) is 0 Å². The van der Waals surface area contributed by atoms with E-state index in [1.165, 1.54) is 12.1 Å². The van der Waals surface area contributed by atoms with E-state index in [1.807, 2.05) is 13.1 Å². The molecule has 108 valence electrons. The number of fused-ring (bicyclic) bond motifs is 1. The number of rotatable bonds is 4. The Balaban J connectivity index is 1.94. The van der Waals surface area contributed by atoms with Gasteiger partial charge in [-0.2, -0.15) is 0 Å². The molecule has 1 saturated heterocycles. The molecule has 3 nitrogen and oxygen atoms in total. The molecule has 0 saturated carbocycles. The first-order valence-electron chi connectivity index (χ1n) is 7.20. The third kappa shape index (κ3) is 2.34. The minimum absolute atomic E-state index is 0.109. The van der Waals surface area contributed by atoms with Crippen LogP contribution in [-0.4, -0.2) is 19.8 Å². The molecule has 1 aromatic carbocycles. The van der Waals surface area contributed by atoms with Gasteiger partial charge < -0.3 is 14.5 Å². The summed E-state index contributed by atoms with van der Waals surface area (Å²) < 4.78 is 24.9. The minimum atomic E-state index is -0.235. The van der Waals surface area contributed by atoms with Gasteiger partial charge in [0.25, 0.3) is 0 Å². The summed E-state index contributed by atoms with van der Waals surface area (Å²) in [4.78, 5) is 0. The van der Waals surface area contributed by atoms with Gasteiger partial charge in [0, 0.05) is 17.9 Å². The fourth-order valence-electron chi connectivity index (χ4n) is 3.22. The van der Waals surface area contributed by atoms with Crippen LogP contribution in [0.2, 0.25) is 0 Å². The molecular weight excluding hydrogens is 257 g/mol. The van der Waals surface area contributed by atoms with Crippen LogP contribution in [0, 0.1) is 11.7 Å². The number of hydrogen-bond donors (Lipinski definition) is 1. The maximum Gasteiger partial charge on any atom is 0.134 e. The largest absolute Gasteiger partial charge is 0.459 e. The third-order valence-electron chi connectivity index (χ3n) is 4.21. The standard InChI is InChI=1S/C16H20FNO2/c1-3-13-12(6-7-19-13)16(18-2)15-9-10-8-11(17)4-5-14(10)20-15/h4-5,8-9,12-13,16,18H,3,6-7H2,1-2H3. The Morgan fingerprint density at radius 1 is 1.40 bits per heavy atom. The average molecular weight is 277 g/mol. The lowest BCUT2D eigenvalue weighted by molar-refractivity contribution is 0.0759. The van der Waals surface area contributed by atoms with Crippen LogP contribution in [0.1, 0.15) is 31.6 Å². The summed E-state index contributed by atoms with van der Waals surface area (Å²) in [5.74, 6) is 1.03. The Morgan fingerprint density at radius 2 is 2.25 bits per heavy atom. The first-order chi connectivity index (χ1) is 9.72. The predicted molar refractivity (Wildman–Crippen MR) is 76.1 cm³/mol. The lowest BCUT2D eigenvalue weighted by Gasteiger charge is -2.25. The molecule has 2 aromatic rings. The Bertz CT molecular complexity index is 595. The van der Waals surface area contributed by atoms with Crippen molar-refractivity contribution in [1.82, 2.24) is 5.32 Å². The summed E-state index contributed by atoms with van der Waals surface area (Å²) in [6.45, 7) is 2.94. The van der Waals surface area contributed by atoms with Crippen LogP contribution >= 0.6 is 0 Å². The van der Waals surface area contributed by atoms with Gasteiger partial charge in [-0.3, -0.25) is 0 Å². The van der Waals surface area contributed by atoms with Crippen LogP contribution in [0.4, 0.5) is 4.39 Å². The molecule has 1 aliphatic heterocycles. The summed E-state index contributed by atoms with van der Waals surface area (Å²) in [5.41, 5.74) is 0.730. The zero-order chi connectivity index (χ0) is 14.1. The van der Waals surface area contributed by atoms with Crippen LogP contribution in [0.15, 0.2) is 28.7 Å². The number of hydrogen-bond acceptors (Lipinski definition) is 3. The number of furan rings is 1. The second kappa shape index (κ2) is 5.54. The van der Waals surface area contributed by atoms with E-state index in [0.717, 1.165) is 36.2 Å². The molecule has 20 heavy (non-hydrogen) atoms. The molecule has 4 heteroatoms. The highest BCUT2D eigenvalue weighted by Gasteiger charge is 2.35. The van der Waals surface area contributed by atoms with Gasteiger partial charge in [-0.15, -0.1) is 0 Å². The quantitative estimate of drug-likeness (QED) is 0.926. The van der Waals surface area contributed by atoms with Crippen molar-refractivity contribution >= 4 is 11.0 Å². The molecule has 0 amide bonds. The highest BCUT2D eigenvalue weighted by molar-refractivity contribution is 5.78. The third-order valence-corrected chi connectivity index (χ3v) is 4.21. The smallest absolute Gasteiger partial charge is 0.134 e. The lowest BCUT2D eigenvalue weighted by atomic mass is 9.90. The normalized spacial score (nSPS) is 24.4. The zero-order valence-corrected chi connectivity index (χ0v) is 11.9. The van der Waals surface area contributed by atoms with E-state index >= 15 is 0 Å². The monoisotopic (exact) mass is 277 g/mol. The molecule has 0 bridgehead atoms. The van der Waals surface area contributed by atoms with E-state index in [0.29, 0.717) is 5.92 Å². The fraction of sp³-hybridized carbons (Fsp3) is 0.500. The Morgan fingerprint density at radius 3 is 3.00 bits per heavy atom. The van der Waals surface area contributed by atoms with Crippen LogP contribution in [0.25, 0.3) is 11.0 Å². The van der Waals surface area contributed by atoms with Gasteiger partial charge in [-0.1, -0.05) is 6.92 Å². The Kier molecular flexibility index (Phi) is 3.76. The first-order valence-corrected chi connectivity index (χ1v) is 7.20. The van der Waals surface area contributed by atoms with Crippen molar-refractivity contribution < 1.29 is 13.5 Å². The predicted octanol–water partition coefficient (Wildman–Crippen LogP) is 3.65. The summed E-state index contributed by atoms with van der Waals surface area (Å²) in [5, 5.41) is 4.14. The maximum absolute atomic E-state index is 13.3. The molecule has 0 spiro atoms. The molecule has 1 fully saturated rings. The van der Waals surface area contributed by atoms with Gasteiger partial charge in [0.1, 0.15) is 17.2 Å². The van der Waals surface area contributed by atoms with E-state index in [9.17, 15) is 4.39 Å². The van der Waals surface area contributed by atoms with Crippen LogP contribution in [-0.2, 0) is 4.74 Å². The van der Waals surface area contributed by atoms with Gasteiger partial charge in [-0.05, 0) is 44.2 Å². The summed E-state index contributed by atoms with van der Waals surface area (Å²) in [7, 11) is 1.93. The fourth-order valence-corrected chi connectivity index (χ4v) is 3.22. The molecule has 1 aromatic heterocycles. The van der Waals surface area contributed by atoms with Crippen molar-refractivity contribution in [2.45, 2.75) is 31.9 Å². The van der Waals surface area contributed by atoms with Crippen molar-refractivity contribution in [3.63, 3.8) is 0 Å². The topological polar surface area (TPSA) is 34.4 Å². The maximum atomic E-state index is 13.3. The number of nitrogens with one attached hydrogen (secondary N) is 1. The molecule has 1 aliphatic rings. The molecule has 3 atom stereocenters. The molecule has 3 unspecified atom stereocenters. The molecule has 0 aliphatic carbocycles. The van der Waals surface area contributed by atoms with E-state index in [1.54, 1.807) is 6.07 Å². The van der Waals surface area contributed by atoms with Crippen molar-refractivity contribution in [3.8, 4) is 0 Å². The Hall–Kier alpha value is -1.39. The van der Waals surface area contributed by atoms with Crippen molar-refractivity contribution in [3.05, 3.63) is 35.8 Å². The molecule has 2 heterocycles. The van der Waals surface area contributed by atoms with Gasteiger partial charge in [0.15, 0.2) is 0 Å². The second-order valence-electron chi connectivity index (χ2n) is 5.37. The molecule has 0 radical (unpaired) electrons. The number of ether oxygens (including phenoxy) is 1. The average Bonchev–Trinajstić information content (AvgIpc) is 3.05. The van der Waals surface area contributed by atoms with E-state index in [4.69, 9.17) is 9.15 Å². The second-order valence-corrected chi connectivity index (χ2v) is 5.37. The number of halogens is 1. The zero-order valence-electron chi connectivity index (χ0n) is 11.9. The van der Waals surface area contributed by atoms with Crippen molar-refractivity contribution in [2.75, 3.05) is 13.7 Å². The van der Waals surface area contributed by atoms with Gasteiger partial charge >= 0.3 is 0 Å². The van der Waals surface area contributed by atoms with Crippen LogP contribution < -0.4 is 5.32 Å². The summed E-state index contributed by atoms with van der Waals surface area (Å²) in [6.07, 6.45) is 2.28. The van der Waals surface area contributed by atoms with Crippen LogP contribution in [0.5, 0.6) is 0 Å². The van der Waals surface area contributed by atoms with E-state index in [-0.39, 0.29) is 18.0 Å². The lowest BCUT2D eigenvalue weighted by Crippen LogP contribution is -2.30. The summed E-state index contributed by atoms with van der Waals surface area (Å²) >= 11 is 0. The first kappa shape index (κ1) is 13.6. The number of benzene rings is 1. The van der Waals surface area contributed by atoms with E-state index < -0.39 is 0 Å². The Labute approximate surface area is 118 Å². The van der Waals surface area contributed by atoms with Gasteiger partial charge in [0.05, 0.1) is 12.1 Å². The highest BCUT2D eigenvalue weighted by atomic mass is 19.1. The molecule has 3 rings (SSSR count). The van der Waals surface area contributed by atoms with Crippen molar-refractivity contribution in [2.24, 2.45) is 5.92 Å². The SMILES string of the molecule is CCC1OCCC1C(NC)c1cc2cc(F)ccc2o1. The van der Waals surface area contributed by atoms with Gasteiger partial charge in [-0.25, -0.2) is 4.39 Å². The molecule has 1 N–H and O–H groups in total. The minimum Gasteiger partial charge on any atom is -0.459 e. The van der Waals surface area contributed by atoms with E-state index in [2.05, 4.69) is 12.2 Å². The van der Waals surface area contributed by atoms with Crippen molar-refractivity contribution in [1.29, 1.82) is 0 Å². The molecular formula is C16H20FNO2. The summed E-state index contributed by atoms with van der Waals surface area (Å²) in [6, 6.07) is 6.67.